The fourth-order valence-corrected chi connectivity index (χ4v) is 7.97. The van der Waals surface area contributed by atoms with Crippen LogP contribution in [0.25, 0.3) is 0 Å². The molecule has 0 radical (unpaired) electrons. The number of carboxylic acid groups (broad SMARTS) is 1. The summed E-state index contributed by atoms with van der Waals surface area (Å²) in [6.07, 6.45) is 74.5. The van der Waals surface area contributed by atoms with Gasteiger partial charge in [0.05, 0.1) is 34.4 Å². The maximum absolute atomic E-state index is 12.9. The Bertz CT molecular complexity index is 1590. The molecular formula is C66H112NO8+. The highest BCUT2D eigenvalue weighted by Gasteiger charge is 2.25. The lowest BCUT2D eigenvalue weighted by molar-refractivity contribution is -0.870. The highest BCUT2D eigenvalue weighted by Crippen LogP contribution is 2.16. The maximum atomic E-state index is 12.9. The van der Waals surface area contributed by atoms with E-state index in [2.05, 4.69) is 123 Å². The SMILES string of the molecule is CC/C=C\C/C=C\C/C=C\C/C=C\C/C=C\CCCCCCCCCCCC(=O)OC(COC(=O)CCCCCCCCCCCCCC/C=C\C/C=C\C/C=C\C/C=C\CC)COC(OCC[N+](C)(C)C)C(=O)O. The zero-order valence-corrected chi connectivity index (χ0v) is 48.7. The van der Waals surface area contributed by atoms with Crippen LogP contribution in [0, 0.1) is 0 Å². The molecule has 0 aromatic rings. The minimum Gasteiger partial charge on any atom is -0.477 e. The summed E-state index contributed by atoms with van der Waals surface area (Å²) in [6, 6.07) is 0. The molecule has 2 unspecified atom stereocenters. The van der Waals surface area contributed by atoms with Gasteiger partial charge < -0.3 is 28.5 Å². The van der Waals surface area contributed by atoms with Gasteiger partial charge in [-0.25, -0.2) is 4.79 Å². The monoisotopic (exact) mass is 1050 g/mol. The molecule has 9 heteroatoms. The van der Waals surface area contributed by atoms with Gasteiger partial charge in [-0.2, -0.15) is 0 Å². The van der Waals surface area contributed by atoms with Gasteiger partial charge in [-0.15, -0.1) is 0 Å². The second kappa shape index (κ2) is 56.2. The van der Waals surface area contributed by atoms with Crippen molar-refractivity contribution in [3.05, 3.63) is 109 Å². The highest BCUT2D eigenvalue weighted by molar-refractivity contribution is 5.71. The lowest BCUT2D eigenvalue weighted by Gasteiger charge is -2.25. The van der Waals surface area contributed by atoms with Gasteiger partial charge in [0.1, 0.15) is 13.2 Å². The predicted molar refractivity (Wildman–Crippen MR) is 318 cm³/mol. The van der Waals surface area contributed by atoms with Gasteiger partial charge in [-0.05, 0) is 96.3 Å². The third-order valence-electron chi connectivity index (χ3n) is 12.5. The number of allylic oxidation sites excluding steroid dienone is 18. The summed E-state index contributed by atoms with van der Waals surface area (Å²) in [4.78, 5) is 37.5. The number of carbonyl (C=O) groups is 3. The molecule has 1 N–H and O–H groups in total. The van der Waals surface area contributed by atoms with Gasteiger partial charge in [-0.3, -0.25) is 9.59 Å². The van der Waals surface area contributed by atoms with Crippen molar-refractivity contribution in [1.82, 2.24) is 0 Å². The van der Waals surface area contributed by atoms with E-state index in [1.807, 2.05) is 21.1 Å². The van der Waals surface area contributed by atoms with E-state index in [4.69, 9.17) is 18.9 Å². The van der Waals surface area contributed by atoms with E-state index in [1.54, 1.807) is 0 Å². The van der Waals surface area contributed by atoms with Crippen LogP contribution in [-0.4, -0.2) is 87.4 Å². The Balaban J connectivity index is 4.26. The number of hydrogen-bond acceptors (Lipinski definition) is 7. The highest BCUT2D eigenvalue weighted by atomic mass is 16.7. The van der Waals surface area contributed by atoms with E-state index >= 15 is 0 Å². The number of quaternary nitrogens is 1. The Morgan fingerprint density at radius 1 is 0.400 bits per heavy atom. The van der Waals surface area contributed by atoms with E-state index in [0.29, 0.717) is 23.9 Å². The number of rotatable bonds is 54. The van der Waals surface area contributed by atoms with Crippen molar-refractivity contribution in [1.29, 1.82) is 0 Å². The summed E-state index contributed by atoms with van der Waals surface area (Å²) >= 11 is 0. The Kier molecular flexibility index (Phi) is 53.1. The van der Waals surface area contributed by atoms with Crippen molar-refractivity contribution in [2.75, 3.05) is 47.5 Å². The molecule has 0 amide bonds. The Labute approximate surface area is 460 Å². The quantitative estimate of drug-likeness (QED) is 0.0211. The van der Waals surface area contributed by atoms with Crippen LogP contribution in [0.4, 0.5) is 0 Å². The Morgan fingerprint density at radius 2 is 0.720 bits per heavy atom. The van der Waals surface area contributed by atoms with Crippen molar-refractivity contribution < 1.29 is 42.9 Å². The van der Waals surface area contributed by atoms with E-state index in [0.717, 1.165) is 103 Å². The zero-order chi connectivity index (χ0) is 54.8. The van der Waals surface area contributed by atoms with Crippen LogP contribution >= 0.6 is 0 Å². The molecule has 75 heavy (non-hydrogen) atoms. The topological polar surface area (TPSA) is 108 Å². The smallest absolute Gasteiger partial charge is 0.361 e. The van der Waals surface area contributed by atoms with Gasteiger partial charge in [0.15, 0.2) is 6.10 Å². The van der Waals surface area contributed by atoms with Crippen LogP contribution in [0.1, 0.15) is 232 Å². The van der Waals surface area contributed by atoms with Crippen LogP contribution in [0.3, 0.4) is 0 Å². The summed E-state index contributed by atoms with van der Waals surface area (Å²) in [7, 11) is 5.96. The molecule has 0 rings (SSSR count). The summed E-state index contributed by atoms with van der Waals surface area (Å²) in [5, 5.41) is 9.72. The number of likely N-dealkylation sites (N-methyl/N-ethyl adjacent to an activating group) is 1. The van der Waals surface area contributed by atoms with Crippen LogP contribution in [0.15, 0.2) is 109 Å². The van der Waals surface area contributed by atoms with Gasteiger partial charge in [0.25, 0.3) is 6.29 Å². The molecule has 0 saturated carbocycles. The van der Waals surface area contributed by atoms with E-state index < -0.39 is 24.3 Å². The summed E-state index contributed by atoms with van der Waals surface area (Å²) in [5.74, 6) is -2.02. The first-order valence-electron chi connectivity index (χ1n) is 30.1. The van der Waals surface area contributed by atoms with Crippen molar-refractivity contribution in [2.45, 2.75) is 245 Å². The minimum absolute atomic E-state index is 0.181. The largest absolute Gasteiger partial charge is 0.477 e. The van der Waals surface area contributed by atoms with Gasteiger partial charge in [0, 0.05) is 12.8 Å². The molecule has 0 aliphatic carbocycles. The van der Waals surface area contributed by atoms with Crippen LogP contribution in [-0.2, 0) is 33.3 Å². The Morgan fingerprint density at radius 3 is 1.07 bits per heavy atom. The molecular weight excluding hydrogens is 935 g/mol. The lowest BCUT2D eigenvalue weighted by atomic mass is 10.0. The fourth-order valence-electron chi connectivity index (χ4n) is 7.97. The van der Waals surface area contributed by atoms with Crippen molar-refractivity contribution >= 4 is 17.9 Å². The van der Waals surface area contributed by atoms with Gasteiger partial charge in [0.2, 0.25) is 0 Å². The first kappa shape index (κ1) is 71.0. The summed E-state index contributed by atoms with van der Waals surface area (Å²) < 4.78 is 22.9. The molecule has 0 aliphatic heterocycles. The van der Waals surface area contributed by atoms with Crippen LogP contribution in [0.5, 0.6) is 0 Å². The molecule has 9 nitrogen and oxygen atoms in total. The number of esters is 2. The predicted octanol–water partition coefficient (Wildman–Crippen LogP) is 17.9. The first-order chi connectivity index (χ1) is 36.6. The third kappa shape index (κ3) is 57.5. The number of nitrogens with zero attached hydrogens (tertiary/aromatic N) is 1. The van der Waals surface area contributed by atoms with E-state index in [-0.39, 0.29) is 32.2 Å². The molecule has 428 valence electrons. The maximum Gasteiger partial charge on any atom is 0.361 e. The molecule has 0 aliphatic rings. The molecule has 0 aromatic heterocycles. The zero-order valence-electron chi connectivity index (χ0n) is 48.7. The third-order valence-corrected chi connectivity index (χ3v) is 12.5. The van der Waals surface area contributed by atoms with Crippen molar-refractivity contribution in [2.24, 2.45) is 0 Å². The number of carbonyl (C=O) groups excluding carboxylic acids is 2. The number of aliphatic carboxylic acids is 1. The summed E-state index contributed by atoms with van der Waals surface area (Å²) in [5.41, 5.74) is 0. The second-order valence-corrected chi connectivity index (χ2v) is 20.9. The van der Waals surface area contributed by atoms with Crippen LogP contribution < -0.4 is 0 Å². The Hall–Kier alpha value is -4.05. The lowest BCUT2D eigenvalue weighted by Crippen LogP contribution is -2.40. The first-order valence-corrected chi connectivity index (χ1v) is 30.1. The average molecular weight is 1050 g/mol. The number of unbranched alkanes of at least 4 members (excludes halogenated alkanes) is 21. The van der Waals surface area contributed by atoms with E-state index in [9.17, 15) is 19.5 Å². The van der Waals surface area contributed by atoms with Crippen molar-refractivity contribution in [3.63, 3.8) is 0 Å². The number of carboxylic acids is 1. The fraction of sp³-hybridized carbons (Fsp3) is 0.682. The molecule has 2 atom stereocenters. The average Bonchev–Trinajstić information content (AvgIpc) is 3.38. The van der Waals surface area contributed by atoms with E-state index in [1.165, 1.54) is 96.3 Å². The van der Waals surface area contributed by atoms with Gasteiger partial charge in [-0.1, -0.05) is 232 Å². The van der Waals surface area contributed by atoms with Gasteiger partial charge >= 0.3 is 17.9 Å². The second-order valence-electron chi connectivity index (χ2n) is 20.9. The normalized spacial score (nSPS) is 13.6. The summed E-state index contributed by atoms with van der Waals surface area (Å²) in [6.45, 7) is 4.64. The molecule has 0 heterocycles. The molecule has 0 saturated heterocycles. The molecule has 0 bridgehead atoms. The molecule has 0 spiro atoms. The van der Waals surface area contributed by atoms with Crippen molar-refractivity contribution in [3.8, 4) is 0 Å². The molecule has 0 aromatic carbocycles. The minimum atomic E-state index is -1.52. The number of ether oxygens (including phenoxy) is 4. The molecule has 0 fully saturated rings. The standard InChI is InChI=1S/C66H111NO8/c1-6-8-10-12-14-16-18-20-22-24-26-28-30-32-34-36-38-40-42-44-46-48-50-52-54-56-63(68)73-60-62(61-74-66(65(70)71)72-59-58-67(3,4)5)75-64(69)57-55-53-51-49-47-45-43-41-39-37-35-33-31-29-27-25-23-21-19-17-15-13-11-9-7-2/h8-11,14-17,20-23,26-29,33,35,62,66H,6-7,12-13,18-19,24-25,30-32,34,36-61H2,1-5H3/p+1/b10-8-,11-9-,16-14-,17-15-,22-20-,23-21-,28-26-,29-27-,35-33-. The number of hydrogen-bond donors (Lipinski definition) is 1. The van der Waals surface area contributed by atoms with Crippen LogP contribution in [0.2, 0.25) is 0 Å².